The molecule has 0 fully saturated rings. The van der Waals surface area contributed by atoms with Crippen molar-refractivity contribution < 1.29 is 4.74 Å². The first-order chi connectivity index (χ1) is 7.63. The minimum absolute atomic E-state index is 0.0797. The molecule has 1 heterocycles. The summed E-state index contributed by atoms with van der Waals surface area (Å²) < 4.78 is 5.31. The van der Waals surface area contributed by atoms with E-state index < -0.39 is 0 Å². The van der Waals surface area contributed by atoms with E-state index in [4.69, 9.17) is 22.1 Å². The Morgan fingerprint density at radius 2 is 2.19 bits per heavy atom. The Bertz CT molecular complexity index is 522. The van der Waals surface area contributed by atoms with Crippen LogP contribution >= 0.6 is 11.6 Å². The van der Waals surface area contributed by atoms with Crippen LogP contribution in [0.2, 0.25) is 5.02 Å². The summed E-state index contributed by atoms with van der Waals surface area (Å²) in [5.74, 6) is 0. The number of benzene rings is 1. The number of anilines is 1. The van der Waals surface area contributed by atoms with Gasteiger partial charge in [-0.2, -0.15) is 0 Å². The van der Waals surface area contributed by atoms with Gasteiger partial charge in [0.2, 0.25) is 0 Å². The highest BCUT2D eigenvalue weighted by molar-refractivity contribution is 6.31. The van der Waals surface area contributed by atoms with E-state index in [0.29, 0.717) is 10.7 Å². The number of halogens is 1. The fraction of sp³-hybridized carbons (Fsp3) is 0.250. The summed E-state index contributed by atoms with van der Waals surface area (Å²) in [7, 11) is 1.65. The summed E-state index contributed by atoms with van der Waals surface area (Å²) in [6, 6.07) is 5.56. The molecule has 1 unspecified atom stereocenters. The molecule has 0 aliphatic rings. The number of pyridine rings is 1. The van der Waals surface area contributed by atoms with Crippen molar-refractivity contribution in [3.8, 4) is 0 Å². The molecule has 2 aromatic rings. The molecule has 1 aromatic heterocycles. The number of rotatable bonds is 2. The smallest absolute Gasteiger partial charge is 0.0820 e. The predicted octanol–water partition coefficient (Wildman–Crippen LogP) is 3.18. The van der Waals surface area contributed by atoms with Gasteiger partial charge in [-0.1, -0.05) is 11.6 Å². The Hall–Kier alpha value is -1.32. The van der Waals surface area contributed by atoms with Gasteiger partial charge in [-0.15, -0.1) is 0 Å². The highest BCUT2D eigenvalue weighted by Crippen LogP contribution is 2.31. The number of ether oxygens (including phenoxy) is 1. The van der Waals surface area contributed by atoms with Crippen molar-refractivity contribution in [1.82, 2.24) is 4.98 Å². The quantitative estimate of drug-likeness (QED) is 0.871. The Labute approximate surface area is 99.2 Å². The number of hydrogen-bond acceptors (Lipinski definition) is 3. The minimum Gasteiger partial charge on any atom is -0.397 e. The maximum Gasteiger partial charge on any atom is 0.0820 e. The van der Waals surface area contributed by atoms with E-state index in [9.17, 15) is 0 Å². The van der Waals surface area contributed by atoms with Crippen LogP contribution < -0.4 is 5.73 Å². The average molecular weight is 237 g/mol. The van der Waals surface area contributed by atoms with Gasteiger partial charge in [0.05, 0.1) is 23.5 Å². The molecule has 2 N–H and O–H groups in total. The first kappa shape index (κ1) is 11.2. The zero-order valence-electron chi connectivity index (χ0n) is 9.20. The maximum absolute atomic E-state index is 5.98. The second-order valence-corrected chi connectivity index (χ2v) is 4.10. The van der Waals surface area contributed by atoms with Crippen LogP contribution in [0, 0.1) is 0 Å². The van der Waals surface area contributed by atoms with Crippen molar-refractivity contribution in [3.05, 3.63) is 35.0 Å². The van der Waals surface area contributed by atoms with Crippen molar-refractivity contribution in [2.75, 3.05) is 12.8 Å². The summed E-state index contributed by atoms with van der Waals surface area (Å²) in [5.41, 5.74) is 8.37. The minimum atomic E-state index is -0.0797. The summed E-state index contributed by atoms with van der Waals surface area (Å²) in [4.78, 5) is 4.26. The van der Waals surface area contributed by atoms with Gasteiger partial charge >= 0.3 is 0 Å². The normalized spacial score (nSPS) is 12.9. The first-order valence-corrected chi connectivity index (χ1v) is 5.37. The molecule has 0 radical (unpaired) electrons. The number of hydrogen-bond donors (Lipinski definition) is 1. The number of fused-ring (bicyclic) bond motifs is 1. The van der Waals surface area contributed by atoms with Crippen LogP contribution in [0.3, 0.4) is 0 Å². The molecule has 0 saturated carbocycles. The van der Waals surface area contributed by atoms with Crippen molar-refractivity contribution >= 4 is 28.2 Å². The van der Waals surface area contributed by atoms with Crippen LogP contribution in [0.5, 0.6) is 0 Å². The monoisotopic (exact) mass is 236 g/mol. The molecule has 3 nitrogen and oxygen atoms in total. The SMILES string of the molecule is COC(C)c1c(N)cnc2ccc(Cl)cc12. The summed E-state index contributed by atoms with van der Waals surface area (Å²) in [5, 5.41) is 1.62. The average Bonchev–Trinajstić information content (AvgIpc) is 2.28. The van der Waals surface area contributed by atoms with Gasteiger partial charge in [-0.05, 0) is 25.1 Å². The van der Waals surface area contributed by atoms with E-state index in [1.54, 1.807) is 13.3 Å². The second kappa shape index (κ2) is 4.28. The number of aromatic nitrogens is 1. The molecule has 2 rings (SSSR count). The summed E-state index contributed by atoms with van der Waals surface area (Å²) in [6.45, 7) is 1.95. The molecule has 84 valence electrons. The zero-order valence-corrected chi connectivity index (χ0v) is 9.95. The van der Waals surface area contributed by atoms with Gasteiger partial charge in [0, 0.05) is 23.1 Å². The summed E-state index contributed by atoms with van der Waals surface area (Å²) >= 11 is 5.98. The number of nitrogens with zero attached hydrogens (tertiary/aromatic N) is 1. The lowest BCUT2D eigenvalue weighted by Crippen LogP contribution is -2.03. The lowest BCUT2D eigenvalue weighted by molar-refractivity contribution is 0.121. The van der Waals surface area contributed by atoms with Crippen molar-refractivity contribution in [2.24, 2.45) is 0 Å². The molecule has 0 amide bonds. The molecular weight excluding hydrogens is 224 g/mol. The third-order valence-electron chi connectivity index (χ3n) is 2.66. The standard InChI is InChI=1S/C12H13ClN2O/c1-7(16-2)12-9-5-8(13)3-4-11(9)15-6-10(12)14/h3-7H,14H2,1-2H3. The Kier molecular flexibility index (Phi) is 2.99. The Morgan fingerprint density at radius 1 is 1.44 bits per heavy atom. The molecule has 1 aromatic carbocycles. The molecular formula is C12H13ClN2O. The van der Waals surface area contributed by atoms with E-state index in [1.165, 1.54) is 0 Å². The number of nitrogens with two attached hydrogens (primary N) is 1. The van der Waals surface area contributed by atoms with Crippen molar-refractivity contribution in [1.29, 1.82) is 0 Å². The maximum atomic E-state index is 5.98. The van der Waals surface area contributed by atoms with Gasteiger partial charge in [0.1, 0.15) is 0 Å². The van der Waals surface area contributed by atoms with Crippen LogP contribution in [-0.2, 0) is 4.74 Å². The predicted molar refractivity (Wildman–Crippen MR) is 66.6 cm³/mol. The van der Waals surface area contributed by atoms with Crippen molar-refractivity contribution in [2.45, 2.75) is 13.0 Å². The molecule has 1 atom stereocenters. The van der Waals surface area contributed by atoms with Crippen LogP contribution in [0.15, 0.2) is 24.4 Å². The topological polar surface area (TPSA) is 48.1 Å². The van der Waals surface area contributed by atoms with Crippen LogP contribution in [0.4, 0.5) is 5.69 Å². The summed E-state index contributed by atoms with van der Waals surface area (Å²) in [6.07, 6.45) is 1.57. The van der Waals surface area contributed by atoms with E-state index >= 15 is 0 Å². The molecule has 4 heteroatoms. The third-order valence-corrected chi connectivity index (χ3v) is 2.90. The van der Waals surface area contributed by atoms with Gasteiger partial charge in [-0.3, -0.25) is 4.98 Å². The molecule has 0 aliphatic heterocycles. The number of methoxy groups -OCH3 is 1. The van der Waals surface area contributed by atoms with Crippen LogP contribution in [0.25, 0.3) is 10.9 Å². The second-order valence-electron chi connectivity index (χ2n) is 3.67. The molecule has 0 saturated heterocycles. The Balaban J connectivity index is 2.77. The first-order valence-electron chi connectivity index (χ1n) is 5.00. The van der Waals surface area contributed by atoms with E-state index in [2.05, 4.69) is 4.98 Å². The fourth-order valence-electron chi connectivity index (χ4n) is 1.77. The lowest BCUT2D eigenvalue weighted by atomic mass is 10.0. The van der Waals surface area contributed by atoms with Crippen molar-refractivity contribution in [3.63, 3.8) is 0 Å². The highest BCUT2D eigenvalue weighted by atomic mass is 35.5. The highest BCUT2D eigenvalue weighted by Gasteiger charge is 2.13. The Morgan fingerprint density at radius 3 is 2.88 bits per heavy atom. The van der Waals surface area contributed by atoms with Gasteiger partial charge in [0.25, 0.3) is 0 Å². The van der Waals surface area contributed by atoms with E-state index in [1.807, 2.05) is 25.1 Å². The van der Waals surface area contributed by atoms with E-state index in [0.717, 1.165) is 16.5 Å². The van der Waals surface area contributed by atoms with Gasteiger partial charge in [-0.25, -0.2) is 0 Å². The van der Waals surface area contributed by atoms with Gasteiger partial charge < -0.3 is 10.5 Å². The number of nitrogen functional groups attached to an aromatic ring is 1. The zero-order chi connectivity index (χ0) is 11.7. The fourth-order valence-corrected chi connectivity index (χ4v) is 1.94. The third kappa shape index (κ3) is 1.84. The van der Waals surface area contributed by atoms with Crippen LogP contribution in [0.1, 0.15) is 18.6 Å². The molecule has 0 spiro atoms. The van der Waals surface area contributed by atoms with E-state index in [-0.39, 0.29) is 6.10 Å². The molecule has 0 bridgehead atoms. The molecule has 0 aliphatic carbocycles. The lowest BCUT2D eigenvalue weighted by Gasteiger charge is -2.15. The molecule has 16 heavy (non-hydrogen) atoms. The largest absolute Gasteiger partial charge is 0.397 e. The van der Waals surface area contributed by atoms with Gasteiger partial charge in [0.15, 0.2) is 0 Å². The van der Waals surface area contributed by atoms with Crippen LogP contribution in [-0.4, -0.2) is 12.1 Å².